The number of amides is 1. The highest BCUT2D eigenvalue weighted by molar-refractivity contribution is 7.89. The summed E-state index contributed by atoms with van der Waals surface area (Å²) in [6.45, 7) is 3.71. The lowest BCUT2D eigenvalue weighted by atomic mass is 10.2. The molecule has 0 saturated heterocycles. The van der Waals surface area contributed by atoms with E-state index in [2.05, 4.69) is 5.32 Å². The zero-order chi connectivity index (χ0) is 22.3. The monoisotopic (exact) mass is 436 g/mol. The number of hydrogen-bond acceptors (Lipinski definition) is 6. The Morgan fingerprint density at radius 3 is 2.30 bits per heavy atom. The smallest absolute Gasteiger partial charge is 0.243 e. The number of ether oxygens (including phenoxy) is 3. The first-order valence-electron chi connectivity index (χ1n) is 9.34. The summed E-state index contributed by atoms with van der Waals surface area (Å²) in [7, 11) is 0.352. The van der Waals surface area contributed by atoms with Crippen LogP contribution in [0.3, 0.4) is 0 Å². The average molecular weight is 437 g/mol. The van der Waals surface area contributed by atoms with Crippen LogP contribution in [0.2, 0.25) is 0 Å². The standard InChI is InChI=1S/C21H28N2O6S/c1-15-6-8-17(9-7-15)29-14-16(2)22-21(24)13-23(3)30(25,26)18-10-11-19(27-4)20(12-18)28-5/h6-12,16H,13-14H2,1-5H3,(H,22,24). The molecular weight excluding hydrogens is 408 g/mol. The van der Waals surface area contributed by atoms with Crippen LogP contribution in [0.4, 0.5) is 0 Å². The van der Waals surface area contributed by atoms with Crippen molar-refractivity contribution in [2.24, 2.45) is 0 Å². The fourth-order valence-electron chi connectivity index (χ4n) is 2.66. The molecule has 0 aliphatic rings. The van der Waals surface area contributed by atoms with E-state index in [1.807, 2.05) is 31.2 Å². The van der Waals surface area contributed by atoms with E-state index >= 15 is 0 Å². The Hall–Kier alpha value is -2.78. The van der Waals surface area contributed by atoms with Crippen molar-refractivity contribution >= 4 is 15.9 Å². The van der Waals surface area contributed by atoms with Gasteiger partial charge in [-0.05, 0) is 38.1 Å². The molecule has 0 bridgehead atoms. The van der Waals surface area contributed by atoms with Crippen molar-refractivity contribution in [3.8, 4) is 17.2 Å². The van der Waals surface area contributed by atoms with Gasteiger partial charge < -0.3 is 19.5 Å². The average Bonchev–Trinajstić information content (AvgIpc) is 2.72. The van der Waals surface area contributed by atoms with Gasteiger partial charge in [0.15, 0.2) is 11.5 Å². The van der Waals surface area contributed by atoms with Gasteiger partial charge in [-0.25, -0.2) is 8.42 Å². The summed E-state index contributed by atoms with van der Waals surface area (Å²) in [4.78, 5) is 12.3. The highest BCUT2D eigenvalue weighted by atomic mass is 32.2. The number of nitrogens with one attached hydrogen (secondary N) is 1. The second-order valence-electron chi connectivity index (χ2n) is 6.87. The number of likely N-dealkylation sites (N-methyl/N-ethyl adjacent to an activating group) is 1. The van der Waals surface area contributed by atoms with Gasteiger partial charge in [0.2, 0.25) is 15.9 Å². The number of carbonyl (C=O) groups is 1. The van der Waals surface area contributed by atoms with Crippen LogP contribution in [-0.4, -0.2) is 59.1 Å². The van der Waals surface area contributed by atoms with Gasteiger partial charge in [-0.1, -0.05) is 17.7 Å². The topological polar surface area (TPSA) is 94.2 Å². The molecule has 0 aromatic heterocycles. The number of carbonyl (C=O) groups excluding carboxylic acids is 1. The zero-order valence-corrected chi connectivity index (χ0v) is 18.7. The number of nitrogens with zero attached hydrogens (tertiary/aromatic N) is 1. The van der Waals surface area contributed by atoms with Crippen molar-refractivity contribution < 1.29 is 27.4 Å². The summed E-state index contributed by atoms with van der Waals surface area (Å²) in [5.41, 5.74) is 1.13. The van der Waals surface area contributed by atoms with E-state index in [4.69, 9.17) is 14.2 Å². The third kappa shape index (κ3) is 6.11. The molecule has 2 aromatic carbocycles. The molecule has 0 radical (unpaired) electrons. The van der Waals surface area contributed by atoms with Gasteiger partial charge in [0, 0.05) is 13.1 Å². The van der Waals surface area contributed by atoms with Gasteiger partial charge in [0.25, 0.3) is 0 Å². The molecule has 164 valence electrons. The first kappa shape index (κ1) is 23.5. The summed E-state index contributed by atoms with van der Waals surface area (Å²) in [6, 6.07) is 11.6. The van der Waals surface area contributed by atoms with E-state index in [1.165, 1.54) is 39.5 Å². The van der Waals surface area contributed by atoms with Crippen LogP contribution in [0.5, 0.6) is 17.2 Å². The zero-order valence-electron chi connectivity index (χ0n) is 17.8. The second kappa shape index (κ2) is 10.3. The lowest BCUT2D eigenvalue weighted by molar-refractivity contribution is -0.121. The maximum absolute atomic E-state index is 12.8. The largest absolute Gasteiger partial charge is 0.493 e. The molecule has 30 heavy (non-hydrogen) atoms. The molecule has 2 rings (SSSR count). The van der Waals surface area contributed by atoms with E-state index in [0.717, 1.165) is 9.87 Å². The Labute approximate surface area is 177 Å². The van der Waals surface area contributed by atoms with Crippen LogP contribution < -0.4 is 19.5 Å². The predicted octanol–water partition coefficient (Wildman–Crippen LogP) is 2.22. The van der Waals surface area contributed by atoms with Gasteiger partial charge in [-0.15, -0.1) is 0 Å². The Bertz CT molecular complexity index is 960. The minimum atomic E-state index is -3.88. The van der Waals surface area contributed by atoms with Gasteiger partial charge in [0.05, 0.1) is 31.7 Å². The molecule has 8 nitrogen and oxygen atoms in total. The quantitative estimate of drug-likeness (QED) is 0.614. The van der Waals surface area contributed by atoms with E-state index < -0.39 is 15.9 Å². The van der Waals surface area contributed by atoms with Gasteiger partial charge in [-0.3, -0.25) is 4.79 Å². The summed E-state index contributed by atoms with van der Waals surface area (Å²) in [5.74, 6) is 0.981. The Morgan fingerprint density at radius 2 is 1.70 bits per heavy atom. The highest BCUT2D eigenvalue weighted by Gasteiger charge is 2.25. The predicted molar refractivity (Wildman–Crippen MR) is 114 cm³/mol. The fraction of sp³-hybridized carbons (Fsp3) is 0.381. The maximum atomic E-state index is 12.8. The SMILES string of the molecule is COc1ccc(S(=O)(=O)N(C)CC(=O)NC(C)COc2ccc(C)cc2)cc1OC. The summed E-state index contributed by atoms with van der Waals surface area (Å²) < 4.78 is 42.5. The van der Waals surface area contributed by atoms with Crippen molar-refractivity contribution in [1.29, 1.82) is 0 Å². The molecule has 1 unspecified atom stereocenters. The third-order valence-electron chi connectivity index (χ3n) is 4.36. The minimum absolute atomic E-state index is 0.00574. The Morgan fingerprint density at radius 1 is 1.07 bits per heavy atom. The number of sulfonamides is 1. The summed E-state index contributed by atoms with van der Waals surface area (Å²) in [5, 5.41) is 2.74. The summed E-state index contributed by atoms with van der Waals surface area (Å²) >= 11 is 0. The lowest BCUT2D eigenvalue weighted by Crippen LogP contribution is -2.43. The van der Waals surface area contributed by atoms with E-state index in [-0.39, 0.29) is 24.1 Å². The molecule has 0 heterocycles. The molecule has 9 heteroatoms. The van der Waals surface area contributed by atoms with Crippen molar-refractivity contribution in [2.75, 3.05) is 34.4 Å². The number of methoxy groups -OCH3 is 2. The van der Waals surface area contributed by atoms with Crippen LogP contribution >= 0.6 is 0 Å². The number of rotatable bonds is 10. The number of aryl methyl sites for hydroxylation is 1. The molecule has 1 N–H and O–H groups in total. The molecule has 2 aromatic rings. The van der Waals surface area contributed by atoms with Crippen molar-refractivity contribution in [3.63, 3.8) is 0 Å². The van der Waals surface area contributed by atoms with Crippen LogP contribution in [0, 0.1) is 6.92 Å². The van der Waals surface area contributed by atoms with Crippen LogP contribution in [0.15, 0.2) is 47.4 Å². The molecule has 0 spiro atoms. The third-order valence-corrected chi connectivity index (χ3v) is 6.16. The van der Waals surface area contributed by atoms with Crippen molar-refractivity contribution in [2.45, 2.75) is 24.8 Å². The van der Waals surface area contributed by atoms with Gasteiger partial charge in [0.1, 0.15) is 12.4 Å². The normalized spacial score (nSPS) is 12.3. The first-order valence-corrected chi connectivity index (χ1v) is 10.8. The van der Waals surface area contributed by atoms with Crippen LogP contribution in [0.1, 0.15) is 12.5 Å². The lowest BCUT2D eigenvalue weighted by Gasteiger charge is -2.20. The van der Waals surface area contributed by atoms with Crippen molar-refractivity contribution in [1.82, 2.24) is 9.62 Å². The molecule has 1 atom stereocenters. The Balaban J connectivity index is 1.94. The highest BCUT2D eigenvalue weighted by Crippen LogP contribution is 2.30. The number of hydrogen-bond donors (Lipinski definition) is 1. The minimum Gasteiger partial charge on any atom is -0.493 e. The number of benzene rings is 2. The van der Waals surface area contributed by atoms with Gasteiger partial charge in [-0.2, -0.15) is 4.31 Å². The van der Waals surface area contributed by atoms with E-state index in [0.29, 0.717) is 17.2 Å². The van der Waals surface area contributed by atoms with Crippen molar-refractivity contribution in [3.05, 3.63) is 48.0 Å². The maximum Gasteiger partial charge on any atom is 0.243 e. The summed E-state index contributed by atoms with van der Waals surface area (Å²) in [6.07, 6.45) is 0. The van der Waals surface area contributed by atoms with Gasteiger partial charge >= 0.3 is 0 Å². The molecule has 0 fully saturated rings. The van der Waals surface area contributed by atoms with E-state index in [9.17, 15) is 13.2 Å². The van der Waals surface area contributed by atoms with Crippen LogP contribution in [-0.2, 0) is 14.8 Å². The first-order chi connectivity index (χ1) is 14.2. The molecule has 0 saturated carbocycles. The Kier molecular flexibility index (Phi) is 8.08. The fourth-order valence-corrected chi connectivity index (χ4v) is 3.81. The molecular formula is C21H28N2O6S. The molecule has 0 aliphatic heterocycles. The second-order valence-corrected chi connectivity index (χ2v) is 8.92. The molecule has 0 aliphatic carbocycles. The molecule has 1 amide bonds. The van der Waals surface area contributed by atoms with Crippen LogP contribution in [0.25, 0.3) is 0 Å². The van der Waals surface area contributed by atoms with E-state index in [1.54, 1.807) is 6.92 Å².